The van der Waals surface area contributed by atoms with Gasteiger partial charge in [0.1, 0.15) is 0 Å². The van der Waals surface area contributed by atoms with E-state index < -0.39 is 6.10 Å². The van der Waals surface area contributed by atoms with Gasteiger partial charge in [0.25, 0.3) is 0 Å². The van der Waals surface area contributed by atoms with E-state index in [1.807, 2.05) is 36.4 Å². The number of halogens is 1. The van der Waals surface area contributed by atoms with Crippen LogP contribution in [-0.4, -0.2) is 29.6 Å². The van der Waals surface area contributed by atoms with Crippen LogP contribution in [0.1, 0.15) is 42.1 Å². The Morgan fingerprint density at radius 3 is 2.00 bits per heavy atom. The number of rotatable bonds is 5. The van der Waals surface area contributed by atoms with Crippen molar-refractivity contribution in [2.75, 3.05) is 19.6 Å². The molecule has 0 spiro atoms. The lowest BCUT2D eigenvalue weighted by atomic mass is 10.0. The van der Waals surface area contributed by atoms with Crippen molar-refractivity contribution in [3.05, 3.63) is 70.2 Å². The van der Waals surface area contributed by atoms with E-state index in [0.29, 0.717) is 0 Å². The fourth-order valence-corrected chi connectivity index (χ4v) is 3.21. The van der Waals surface area contributed by atoms with Gasteiger partial charge in [-0.3, -0.25) is 0 Å². The number of likely N-dealkylation sites (tertiary alicyclic amines) is 1. The highest BCUT2D eigenvalue weighted by Gasteiger charge is 2.15. The molecule has 1 atom stereocenters. The van der Waals surface area contributed by atoms with Gasteiger partial charge >= 0.3 is 0 Å². The van der Waals surface area contributed by atoms with E-state index in [2.05, 4.69) is 29.2 Å². The molecule has 24 heavy (non-hydrogen) atoms. The normalized spacial score (nSPS) is 17.2. The van der Waals surface area contributed by atoms with Crippen LogP contribution in [-0.2, 0) is 0 Å². The van der Waals surface area contributed by atoms with Gasteiger partial charge in [0, 0.05) is 11.6 Å². The largest absolute Gasteiger partial charge is 0.387 e. The first kappa shape index (κ1) is 17.2. The number of aliphatic hydroxyl groups is 1. The van der Waals surface area contributed by atoms with Gasteiger partial charge < -0.3 is 10.0 Å². The number of hydrogen-bond acceptors (Lipinski definition) is 2. The lowest BCUT2D eigenvalue weighted by Gasteiger charge is -2.28. The summed E-state index contributed by atoms with van der Waals surface area (Å²) in [7, 11) is 0. The van der Waals surface area contributed by atoms with Crippen LogP contribution < -0.4 is 0 Å². The predicted octanol–water partition coefficient (Wildman–Crippen LogP) is 5.03. The molecule has 0 saturated carbocycles. The minimum absolute atomic E-state index is 0.405. The van der Waals surface area contributed by atoms with E-state index in [-0.39, 0.29) is 0 Å². The zero-order valence-electron chi connectivity index (χ0n) is 13.9. The first-order valence-corrected chi connectivity index (χ1v) is 9.02. The summed E-state index contributed by atoms with van der Waals surface area (Å²) < 4.78 is 0. The summed E-state index contributed by atoms with van der Waals surface area (Å²) in [6.45, 7) is 2.96. The summed E-state index contributed by atoms with van der Waals surface area (Å²) in [5.74, 6) is 0. The van der Waals surface area contributed by atoms with Gasteiger partial charge in [-0.1, -0.05) is 66.6 Å². The molecule has 0 aliphatic carbocycles. The Morgan fingerprint density at radius 1 is 0.875 bits per heavy atom. The van der Waals surface area contributed by atoms with Crippen molar-refractivity contribution in [3.63, 3.8) is 0 Å². The molecule has 0 radical (unpaired) electrons. The van der Waals surface area contributed by atoms with Crippen molar-refractivity contribution in [1.29, 1.82) is 0 Å². The maximum atomic E-state index is 10.4. The molecule has 2 aromatic carbocycles. The second-order valence-corrected chi connectivity index (χ2v) is 6.87. The van der Waals surface area contributed by atoms with Crippen LogP contribution in [0.3, 0.4) is 0 Å². The van der Waals surface area contributed by atoms with Gasteiger partial charge in [-0.05, 0) is 54.8 Å². The number of nitrogens with zero attached hydrogens (tertiary/aromatic N) is 1. The zero-order valence-corrected chi connectivity index (χ0v) is 14.6. The molecule has 0 unspecified atom stereocenters. The summed E-state index contributed by atoms with van der Waals surface area (Å²) in [5.41, 5.74) is 3.23. The number of piperidine rings is 1. The summed E-state index contributed by atoms with van der Waals surface area (Å²) >= 11 is 5.89. The Kier molecular flexibility index (Phi) is 6.08. The van der Waals surface area contributed by atoms with Gasteiger partial charge in [-0.15, -0.1) is 0 Å². The van der Waals surface area contributed by atoms with Crippen LogP contribution in [0.25, 0.3) is 12.2 Å². The van der Waals surface area contributed by atoms with Crippen LogP contribution >= 0.6 is 11.6 Å². The zero-order chi connectivity index (χ0) is 16.8. The predicted molar refractivity (Wildman–Crippen MR) is 102 cm³/mol. The maximum absolute atomic E-state index is 10.4. The molecular weight excluding hydrogens is 318 g/mol. The molecule has 3 heteroatoms. The molecule has 1 aliphatic rings. The van der Waals surface area contributed by atoms with Crippen molar-refractivity contribution in [2.45, 2.75) is 25.4 Å². The number of hydrogen-bond donors (Lipinski definition) is 1. The van der Waals surface area contributed by atoms with Crippen molar-refractivity contribution in [3.8, 4) is 0 Å². The fraction of sp³-hybridized carbons (Fsp3) is 0.333. The molecular formula is C21H24ClNO. The number of β-amino-alcohol motifs (C(OH)–C–C–N with tert-alkyl or cyclic N) is 1. The van der Waals surface area contributed by atoms with Gasteiger partial charge in [-0.25, -0.2) is 0 Å². The Labute approximate surface area is 149 Å². The molecule has 0 amide bonds. The molecule has 2 nitrogen and oxygen atoms in total. The summed E-state index contributed by atoms with van der Waals surface area (Å²) in [5, 5.41) is 11.2. The van der Waals surface area contributed by atoms with Gasteiger partial charge in [0.2, 0.25) is 0 Å². The third-order valence-corrected chi connectivity index (χ3v) is 4.79. The molecule has 1 N–H and O–H groups in total. The average molecular weight is 342 g/mol. The monoisotopic (exact) mass is 341 g/mol. The highest BCUT2D eigenvalue weighted by Crippen LogP contribution is 2.19. The van der Waals surface area contributed by atoms with E-state index >= 15 is 0 Å². The summed E-state index contributed by atoms with van der Waals surface area (Å²) in [6, 6.07) is 15.9. The first-order valence-electron chi connectivity index (χ1n) is 8.65. The standard InChI is InChI=1S/C21H24ClNO/c22-20-12-8-18(9-13-20)5-4-17-6-10-19(11-7-17)21(24)16-23-14-2-1-3-15-23/h4-13,21,24H,1-3,14-16H2/b5-4-/t21-/m0/s1. The van der Waals surface area contributed by atoms with Gasteiger partial charge in [-0.2, -0.15) is 0 Å². The molecule has 1 saturated heterocycles. The Bertz CT molecular complexity index is 657. The smallest absolute Gasteiger partial charge is 0.0916 e. The van der Waals surface area contributed by atoms with E-state index in [0.717, 1.165) is 41.3 Å². The fourth-order valence-electron chi connectivity index (χ4n) is 3.09. The van der Waals surface area contributed by atoms with Gasteiger partial charge in [0.05, 0.1) is 6.10 Å². The Balaban J connectivity index is 1.59. The molecule has 126 valence electrons. The van der Waals surface area contributed by atoms with E-state index in [1.54, 1.807) is 0 Å². The number of benzene rings is 2. The molecule has 3 rings (SSSR count). The third-order valence-electron chi connectivity index (χ3n) is 4.54. The van der Waals surface area contributed by atoms with Crippen LogP contribution in [0.15, 0.2) is 48.5 Å². The maximum Gasteiger partial charge on any atom is 0.0916 e. The molecule has 1 fully saturated rings. The first-order chi connectivity index (χ1) is 11.7. The molecule has 2 aromatic rings. The molecule has 0 aromatic heterocycles. The van der Waals surface area contributed by atoms with Crippen molar-refractivity contribution in [2.24, 2.45) is 0 Å². The number of aliphatic hydroxyl groups excluding tert-OH is 1. The van der Waals surface area contributed by atoms with E-state index in [1.165, 1.54) is 19.3 Å². The highest BCUT2D eigenvalue weighted by atomic mass is 35.5. The van der Waals surface area contributed by atoms with Crippen molar-refractivity contribution >= 4 is 23.8 Å². The van der Waals surface area contributed by atoms with Crippen LogP contribution in [0.4, 0.5) is 0 Å². The summed E-state index contributed by atoms with van der Waals surface area (Å²) in [4.78, 5) is 2.36. The second-order valence-electron chi connectivity index (χ2n) is 6.43. The lowest BCUT2D eigenvalue weighted by molar-refractivity contribution is 0.101. The average Bonchev–Trinajstić information content (AvgIpc) is 2.62. The van der Waals surface area contributed by atoms with Crippen LogP contribution in [0.2, 0.25) is 5.02 Å². The highest BCUT2D eigenvalue weighted by molar-refractivity contribution is 6.30. The third kappa shape index (κ3) is 4.94. The topological polar surface area (TPSA) is 23.5 Å². The summed E-state index contributed by atoms with van der Waals surface area (Å²) in [6.07, 6.45) is 7.56. The van der Waals surface area contributed by atoms with E-state index in [4.69, 9.17) is 11.6 Å². The minimum atomic E-state index is -0.405. The molecule has 1 aliphatic heterocycles. The lowest BCUT2D eigenvalue weighted by Crippen LogP contribution is -2.33. The Hall–Kier alpha value is -1.61. The van der Waals surface area contributed by atoms with Crippen LogP contribution in [0.5, 0.6) is 0 Å². The second kappa shape index (κ2) is 8.48. The SMILES string of the molecule is O[C@@H](CN1CCCCC1)c1ccc(/C=C\c2ccc(Cl)cc2)cc1. The quantitative estimate of drug-likeness (QED) is 0.771. The van der Waals surface area contributed by atoms with Crippen LogP contribution in [0, 0.1) is 0 Å². The van der Waals surface area contributed by atoms with Crippen molar-refractivity contribution in [1.82, 2.24) is 4.90 Å². The minimum Gasteiger partial charge on any atom is -0.387 e. The molecule has 0 bridgehead atoms. The van der Waals surface area contributed by atoms with Crippen molar-refractivity contribution < 1.29 is 5.11 Å². The Morgan fingerprint density at radius 2 is 1.42 bits per heavy atom. The molecule has 1 heterocycles. The van der Waals surface area contributed by atoms with E-state index in [9.17, 15) is 5.11 Å². The van der Waals surface area contributed by atoms with Gasteiger partial charge in [0.15, 0.2) is 0 Å².